The molecule has 2 aliphatic rings. The molecule has 4 rings (SSSR count). The number of carbonyl (C=O) groups is 2. The highest BCUT2D eigenvalue weighted by Crippen LogP contribution is 2.42. The molecule has 208 valence electrons. The lowest BCUT2D eigenvalue weighted by molar-refractivity contribution is 0.0556. The summed E-state index contributed by atoms with van der Waals surface area (Å²) in [6.07, 6.45) is -1.02. The molecule has 2 aromatic carbocycles. The zero-order valence-electron chi connectivity index (χ0n) is 22.0. The lowest BCUT2D eigenvalue weighted by Crippen LogP contribution is -2.41. The molecule has 0 aliphatic carbocycles. The molecule has 0 fully saturated rings. The number of hydrogen-bond acceptors (Lipinski definition) is 6. The van der Waals surface area contributed by atoms with Crippen molar-refractivity contribution in [2.75, 3.05) is 36.1 Å². The summed E-state index contributed by atoms with van der Waals surface area (Å²) in [6.45, 7) is 11.8. The average molecular weight is 664 g/mol. The van der Waals surface area contributed by atoms with Crippen LogP contribution in [-0.4, -0.2) is 49.7 Å². The Kier molecular flexibility index (Phi) is 9.18. The predicted molar refractivity (Wildman–Crippen MR) is 146 cm³/mol. The van der Waals surface area contributed by atoms with Gasteiger partial charge in [-0.05, 0) is 97.7 Å². The molecule has 2 heterocycles. The van der Waals surface area contributed by atoms with E-state index in [0.29, 0.717) is 33.4 Å². The molecule has 0 bridgehead atoms. The smallest absolute Gasteiger partial charge is 0.415 e. The standard InChI is InChI=1S/2C13H15BrFNO3/c2*1-13(2,3)19-12(17)16-6-7-18-11-9(15)5-4-8(14)10(11)16/h2*4-5H,6-7H2,1-3H3. The molecule has 0 radical (unpaired) electrons. The van der Waals surface area contributed by atoms with E-state index < -0.39 is 35.0 Å². The van der Waals surface area contributed by atoms with Gasteiger partial charge in [0, 0.05) is 8.95 Å². The minimum atomic E-state index is -0.602. The fourth-order valence-electron chi connectivity index (χ4n) is 3.52. The Hall–Kier alpha value is -2.60. The molecule has 2 aliphatic heterocycles. The van der Waals surface area contributed by atoms with Gasteiger partial charge in [-0.2, -0.15) is 0 Å². The van der Waals surface area contributed by atoms with Crippen molar-refractivity contribution in [2.45, 2.75) is 52.7 Å². The first-order chi connectivity index (χ1) is 17.6. The Morgan fingerprint density at radius 1 is 0.737 bits per heavy atom. The van der Waals surface area contributed by atoms with Gasteiger partial charge in [-0.3, -0.25) is 9.80 Å². The summed E-state index contributed by atoms with van der Waals surface area (Å²) in [7, 11) is 0. The van der Waals surface area contributed by atoms with Crippen LogP contribution in [0.4, 0.5) is 29.7 Å². The number of halogens is 4. The van der Waals surface area contributed by atoms with Crippen molar-refractivity contribution in [2.24, 2.45) is 0 Å². The molecular weight excluding hydrogens is 634 g/mol. The van der Waals surface area contributed by atoms with Crippen molar-refractivity contribution in [1.82, 2.24) is 0 Å². The number of anilines is 2. The van der Waals surface area contributed by atoms with Gasteiger partial charge in [0.25, 0.3) is 0 Å². The van der Waals surface area contributed by atoms with E-state index in [1.807, 2.05) is 0 Å². The summed E-state index contributed by atoms with van der Waals surface area (Å²) in [5.74, 6) is -0.837. The molecule has 8 nitrogen and oxygen atoms in total. The topological polar surface area (TPSA) is 77.5 Å². The highest BCUT2D eigenvalue weighted by molar-refractivity contribution is 9.11. The van der Waals surface area contributed by atoms with E-state index >= 15 is 0 Å². The van der Waals surface area contributed by atoms with E-state index in [2.05, 4.69) is 31.9 Å². The minimum absolute atomic E-state index is 0.0754. The van der Waals surface area contributed by atoms with Crippen molar-refractivity contribution >= 4 is 55.4 Å². The first-order valence-corrected chi connectivity index (χ1v) is 13.4. The van der Waals surface area contributed by atoms with E-state index in [9.17, 15) is 18.4 Å². The molecule has 0 atom stereocenters. The van der Waals surface area contributed by atoms with Gasteiger partial charge < -0.3 is 18.9 Å². The average Bonchev–Trinajstić information content (AvgIpc) is 2.81. The maximum atomic E-state index is 13.7. The van der Waals surface area contributed by atoms with Crippen LogP contribution in [0, 0.1) is 11.6 Å². The van der Waals surface area contributed by atoms with Gasteiger partial charge in [0.05, 0.1) is 13.1 Å². The maximum Gasteiger partial charge on any atom is 0.415 e. The molecule has 2 amide bonds. The summed E-state index contributed by atoms with van der Waals surface area (Å²) >= 11 is 6.62. The van der Waals surface area contributed by atoms with Gasteiger partial charge in [0.2, 0.25) is 0 Å². The van der Waals surface area contributed by atoms with Gasteiger partial charge in [-0.15, -0.1) is 0 Å². The molecule has 12 heteroatoms. The fraction of sp³-hybridized carbons (Fsp3) is 0.462. The van der Waals surface area contributed by atoms with Crippen LogP contribution in [0.1, 0.15) is 41.5 Å². The largest absolute Gasteiger partial charge is 0.486 e. The molecule has 2 aromatic rings. The highest BCUT2D eigenvalue weighted by Gasteiger charge is 2.33. The van der Waals surface area contributed by atoms with Gasteiger partial charge >= 0.3 is 12.2 Å². The molecule has 0 aromatic heterocycles. The van der Waals surface area contributed by atoms with Gasteiger partial charge in [0.15, 0.2) is 23.1 Å². The number of fused-ring (bicyclic) bond motifs is 2. The zero-order chi connectivity index (χ0) is 28.4. The number of ether oxygens (including phenoxy) is 4. The third kappa shape index (κ3) is 7.28. The third-order valence-electron chi connectivity index (χ3n) is 4.96. The normalized spacial score (nSPS) is 14.7. The second-order valence-corrected chi connectivity index (χ2v) is 12.1. The van der Waals surface area contributed by atoms with Crippen LogP contribution in [0.15, 0.2) is 33.2 Å². The second kappa shape index (κ2) is 11.6. The number of rotatable bonds is 0. The summed E-state index contributed by atoms with van der Waals surface area (Å²) in [4.78, 5) is 27.1. The van der Waals surface area contributed by atoms with E-state index in [0.717, 1.165) is 0 Å². The van der Waals surface area contributed by atoms with E-state index in [4.69, 9.17) is 18.9 Å². The molecule has 38 heavy (non-hydrogen) atoms. The Balaban J connectivity index is 0.000000211. The van der Waals surface area contributed by atoms with Crippen LogP contribution in [0.25, 0.3) is 0 Å². The first-order valence-electron chi connectivity index (χ1n) is 11.8. The second-order valence-electron chi connectivity index (χ2n) is 10.4. The number of benzene rings is 2. The van der Waals surface area contributed by atoms with Crippen LogP contribution in [0.5, 0.6) is 11.5 Å². The Labute approximate surface area is 237 Å². The van der Waals surface area contributed by atoms with Gasteiger partial charge in [-0.25, -0.2) is 18.4 Å². The van der Waals surface area contributed by atoms with E-state index in [-0.39, 0.29) is 24.7 Å². The SMILES string of the molecule is CC(C)(C)OC(=O)N1CCOc2c(F)ccc(Br)c21.CC(C)(C)OC(=O)N1CCOc2c(F)ccc(Br)c21. The Morgan fingerprint density at radius 2 is 1.08 bits per heavy atom. The van der Waals surface area contributed by atoms with Crippen molar-refractivity contribution < 1.29 is 37.3 Å². The van der Waals surface area contributed by atoms with Crippen molar-refractivity contribution in [3.8, 4) is 11.5 Å². The number of amides is 2. The molecular formula is C26H30Br2F2N2O6. The number of hydrogen-bond donors (Lipinski definition) is 0. The van der Waals surface area contributed by atoms with Crippen LogP contribution >= 0.6 is 31.9 Å². The van der Waals surface area contributed by atoms with Gasteiger partial charge in [0.1, 0.15) is 35.8 Å². The molecule has 0 saturated carbocycles. The van der Waals surface area contributed by atoms with Crippen molar-refractivity contribution in [1.29, 1.82) is 0 Å². The van der Waals surface area contributed by atoms with Crippen LogP contribution in [0.3, 0.4) is 0 Å². The predicted octanol–water partition coefficient (Wildman–Crippen LogP) is 7.44. The Morgan fingerprint density at radius 3 is 1.39 bits per heavy atom. The Bertz CT molecular complexity index is 1120. The summed E-state index contributed by atoms with van der Waals surface area (Å²) in [5.41, 5.74) is -0.453. The maximum absolute atomic E-state index is 13.7. The lowest BCUT2D eigenvalue weighted by Gasteiger charge is -2.32. The summed E-state index contributed by atoms with van der Waals surface area (Å²) in [5, 5.41) is 0. The van der Waals surface area contributed by atoms with Crippen molar-refractivity contribution in [3.05, 3.63) is 44.8 Å². The third-order valence-corrected chi connectivity index (χ3v) is 6.24. The molecule has 0 N–H and O–H groups in total. The lowest BCUT2D eigenvalue weighted by atomic mass is 10.2. The van der Waals surface area contributed by atoms with Crippen LogP contribution in [-0.2, 0) is 9.47 Å². The van der Waals surface area contributed by atoms with Crippen LogP contribution < -0.4 is 19.3 Å². The monoisotopic (exact) mass is 662 g/mol. The summed E-state index contributed by atoms with van der Waals surface area (Å²) in [6, 6.07) is 5.67. The van der Waals surface area contributed by atoms with Crippen molar-refractivity contribution in [3.63, 3.8) is 0 Å². The highest BCUT2D eigenvalue weighted by atomic mass is 79.9. The van der Waals surface area contributed by atoms with E-state index in [1.165, 1.54) is 21.9 Å². The quantitative estimate of drug-likeness (QED) is 0.292. The zero-order valence-corrected chi connectivity index (χ0v) is 25.2. The molecule has 0 saturated heterocycles. The minimum Gasteiger partial charge on any atom is -0.486 e. The fourth-order valence-corrected chi connectivity index (χ4v) is 4.58. The van der Waals surface area contributed by atoms with Crippen LogP contribution in [0.2, 0.25) is 0 Å². The number of nitrogens with zero attached hydrogens (tertiary/aromatic N) is 2. The first kappa shape index (κ1) is 29.9. The molecule has 0 spiro atoms. The summed E-state index contributed by atoms with van der Waals surface area (Å²) < 4.78 is 49.8. The number of carbonyl (C=O) groups excluding carboxylic acids is 2. The van der Waals surface area contributed by atoms with E-state index in [1.54, 1.807) is 53.7 Å². The van der Waals surface area contributed by atoms with Gasteiger partial charge in [-0.1, -0.05) is 0 Å². The molecule has 0 unspecified atom stereocenters.